The van der Waals surface area contributed by atoms with Crippen LogP contribution in [0.5, 0.6) is 5.75 Å². The molecule has 0 N–H and O–H groups in total. The zero-order valence-corrected chi connectivity index (χ0v) is 19.6. The summed E-state index contributed by atoms with van der Waals surface area (Å²) in [5.41, 5.74) is 5.78. The number of hydrogen-bond donors (Lipinski definition) is 0. The van der Waals surface area contributed by atoms with Crippen molar-refractivity contribution in [2.45, 2.75) is 59.8 Å². The summed E-state index contributed by atoms with van der Waals surface area (Å²) in [5, 5.41) is 13.0. The van der Waals surface area contributed by atoms with Gasteiger partial charge in [0.15, 0.2) is 5.82 Å². The molecule has 0 atom stereocenters. The van der Waals surface area contributed by atoms with E-state index < -0.39 is 0 Å². The second-order valence-corrected chi connectivity index (χ2v) is 8.29. The third-order valence-corrected chi connectivity index (χ3v) is 5.68. The van der Waals surface area contributed by atoms with E-state index in [1.807, 2.05) is 30.7 Å². The lowest BCUT2D eigenvalue weighted by molar-refractivity contribution is 0.397. The summed E-state index contributed by atoms with van der Waals surface area (Å²) < 4.78 is 13.1. The fourth-order valence-corrected chi connectivity index (χ4v) is 3.74. The molecule has 4 rings (SSSR count). The van der Waals surface area contributed by atoms with Crippen molar-refractivity contribution in [3.8, 4) is 11.4 Å². The van der Waals surface area contributed by atoms with Crippen LogP contribution in [0.4, 0.5) is 5.69 Å². The van der Waals surface area contributed by atoms with E-state index in [1.54, 1.807) is 7.11 Å². The second kappa shape index (κ2) is 8.98. The number of aromatic nitrogens is 5. The van der Waals surface area contributed by atoms with Gasteiger partial charge in [0.25, 0.3) is 5.89 Å². The van der Waals surface area contributed by atoms with Crippen LogP contribution in [0, 0.1) is 6.92 Å². The summed E-state index contributed by atoms with van der Waals surface area (Å²) in [5.74, 6) is 2.20. The van der Waals surface area contributed by atoms with Crippen molar-refractivity contribution < 1.29 is 9.26 Å². The molecule has 0 saturated carbocycles. The summed E-state index contributed by atoms with van der Waals surface area (Å²) in [6.07, 6.45) is 7.00. The minimum Gasteiger partial charge on any atom is -0.497 e. The SMILES string of the molecule is CCC/C=C/N1/C(=C(\C)c2nc(C(C)C)no2)Cc2c(C)nnn2-c2cc(OC)ccc21. The molecule has 0 spiro atoms. The van der Waals surface area contributed by atoms with E-state index in [-0.39, 0.29) is 5.92 Å². The summed E-state index contributed by atoms with van der Waals surface area (Å²) in [6, 6.07) is 6.01. The Balaban J connectivity index is 1.96. The minimum absolute atomic E-state index is 0.195. The van der Waals surface area contributed by atoms with Gasteiger partial charge in [-0.1, -0.05) is 43.6 Å². The van der Waals surface area contributed by atoms with E-state index >= 15 is 0 Å². The number of anilines is 1. The predicted molar refractivity (Wildman–Crippen MR) is 124 cm³/mol. The van der Waals surface area contributed by atoms with Crippen LogP contribution in [0.25, 0.3) is 11.3 Å². The molecule has 0 aliphatic carbocycles. The Hall–Kier alpha value is -3.42. The highest BCUT2D eigenvalue weighted by molar-refractivity contribution is 5.76. The van der Waals surface area contributed by atoms with Crippen molar-refractivity contribution in [3.05, 3.63) is 59.3 Å². The Morgan fingerprint density at radius 1 is 1.28 bits per heavy atom. The molecule has 2 aromatic heterocycles. The van der Waals surface area contributed by atoms with E-state index in [9.17, 15) is 0 Å². The van der Waals surface area contributed by atoms with Crippen LogP contribution in [0.3, 0.4) is 0 Å². The quantitative estimate of drug-likeness (QED) is 0.527. The number of nitrogens with zero attached hydrogens (tertiary/aromatic N) is 6. The largest absolute Gasteiger partial charge is 0.497 e. The van der Waals surface area contributed by atoms with Crippen LogP contribution in [0.1, 0.15) is 69.6 Å². The average molecular weight is 435 g/mol. The van der Waals surface area contributed by atoms with E-state index in [4.69, 9.17) is 9.26 Å². The lowest BCUT2D eigenvalue weighted by atomic mass is 10.1. The van der Waals surface area contributed by atoms with Crippen LogP contribution < -0.4 is 9.64 Å². The minimum atomic E-state index is 0.195. The van der Waals surface area contributed by atoms with Gasteiger partial charge in [-0.3, -0.25) is 0 Å². The van der Waals surface area contributed by atoms with Crippen LogP contribution in [0.2, 0.25) is 0 Å². The molecule has 32 heavy (non-hydrogen) atoms. The van der Waals surface area contributed by atoms with Gasteiger partial charge in [0.05, 0.1) is 29.9 Å². The topological polar surface area (TPSA) is 82.1 Å². The van der Waals surface area contributed by atoms with Crippen molar-refractivity contribution in [2.75, 3.05) is 12.0 Å². The van der Waals surface area contributed by atoms with Crippen molar-refractivity contribution in [1.82, 2.24) is 25.1 Å². The van der Waals surface area contributed by atoms with Gasteiger partial charge in [0.2, 0.25) is 0 Å². The highest BCUT2D eigenvalue weighted by atomic mass is 16.5. The Bertz CT molecular complexity index is 1170. The Morgan fingerprint density at radius 2 is 2.09 bits per heavy atom. The highest BCUT2D eigenvalue weighted by Crippen LogP contribution is 2.38. The van der Waals surface area contributed by atoms with Crippen LogP contribution in [0.15, 0.2) is 40.7 Å². The van der Waals surface area contributed by atoms with E-state index in [0.717, 1.165) is 52.6 Å². The Labute approximate surface area is 188 Å². The third kappa shape index (κ3) is 3.92. The molecule has 1 aliphatic rings. The van der Waals surface area contributed by atoms with Crippen LogP contribution >= 0.6 is 0 Å². The maximum atomic E-state index is 5.65. The molecule has 0 bridgehead atoms. The number of benzene rings is 1. The van der Waals surface area contributed by atoms with Gasteiger partial charge in [0.1, 0.15) is 5.75 Å². The molecule has 3 aromatic rings. The number of unbranched alkanes of at least 4 members (excludes halogenated alkanes) is 1. The number of ether oxygens (including phenoxy) is 1. The molecule has 1 aromatic carbocycles. The van der Waals surface area contributed by atoms with E-state index in [2.05, 4.69) is 64.5 Å². The summed E-state index contributed by atoms with van der Waals surface area (Å²) in [7, 11) is 1.67. The zero-order chi connectivity index (χ0) is 22.8. The molecule has 0 fully saturated rings. The standard InChI is InChI=1S/C24H30N6O2/c1-7-8-9-12-29-19-11-10-18(31-6)13-22(19)30-21(17(5)26-28-30)14-20(29)16(4)24-25-23(15(2)3)27-32-24/h9-13,15H,7-8,14H2,1-6H3/b12-9+,20-16+. The van der Waals surface area contributed by atoms with E-state index in [0.29, 0.717) is 18.1 Å². The summed E-state index contributed by atoms with van der Waals surface area (Å²) in [4.78, 5) is 6.85. The first kappa shape index (κ1) is 21.8. The Kier molecular flexibility index (Phi) is 6.12. The van der Waals surface area contributed by atoms with Gasteiger partial charge >= 0.3 is 0 Å². The molecule has 168 valence electrons. The number of aryl methyl sites for hydroxylation is 1. The first-order chi connectivity index (χ1) is 15.4. The molecule has 8 heteroatoms. The second-order valence-electron chi connectivity index (χ2n) is 8.29. The van der Waals surface area contributed by atoms with Crippen molar-refractivity contribution in [2.24, 2.45) is 0 Å². The van der Waals surface area contributed by atoms with Gasteiger partial charge in [-0.15, -0.1) is 5.10 Å². The van der Waals surface area contributed by atoms with Crippen molar-refractivity contribution >= 4 is 11.3 Å². The van der Waals surface area contributed by atoms with Gasteiger partial charge in [0, 0.05) is 35.9 Å². The monoisotopic (exact) mass is 434 g/mol. The molecular weight excluding hydrogens is 404 g/mol. The Morgan fingerprint density at radius 3 is 2.78 bits per heavy atom. The number of fused-ring (bicyclic) bond motifs is 3. The molecule has 0 radical (unpaired) electrons. The molecule has 1 aliphatic heterocycles. The third-order valence-electron chi connectivity index (χ3n) is 5.68. The first-order valence-electron chi connectivity index (χ1n) is 11.0. The fraction of sp³-hybridized carbons (Fsp3) is 0.417. The number of methoxy groups -OCH3 is 1. The van der Waals surface area contributed by atoms with Gasteiger partial charge in [-0.05, 0) is 32.4 Å². The summed E-state index contributed by atoms with van der Waals surface area (Å²) >= 11 is 0. The summed E-state index contributed by atoms with van der Waals surface area (Å²) in [6.45, 7) is 10.3. The average Bonchev–Trinajstić information content (AvgIpc) is 3.39. The molecular formula is C24H30N6O2. The lowest BCUT2D eigenvalue weighted by Gasteiger charge is -2.25. The first-order valence-corrected chi connectivity index (χ1v) is 11.0. The van der Waals surface area contributed by atoms with Gasteiger partial charge in [-0.25, -0.2) is 4.68 Å². The lowest BCUT2D eigenvalue weighted by Crippen LogP contribution is -2.18. The predicted octanol–water partition coefficient (Wildman–Crippen LogP) is 5.20. The number of allylic oxidation sites excluding steroid dienone is 3. The van der Waals surface area contributed by atoms with Crippen LogP contribution in [-0.4, -0.2) is 32.2 Å². The van der Waals surface area contributed by atoms with E-state index in [1.165, 1.54) is 0 Å². The molecule has 0 amide bonds. The molecule has 0 unspecified atom stereocenters. The number of rotatable bonds is 6. The molecule has 8 nitrogen and oxygen atoms in total. The van der Waals surface area contributed by atoms with Gasteiger partial charge < -0.3 is 14.2 Å². The fourth-order valence-electron chi connectivity index (χ4n) is 3.74. The molecule has 0 saturated heterocycles. The highest BCUT2D eigenvalue weighted by Gasteiger charge is 2.28. The van der Waals surface area contributed by atoms with Gasteiger partial charge in [-0.2, -0.15) is 4.98 Å². The van der Waals surface area contributed by atoms with Crippen molar-refractivity contribution in [3.63, 3.8) is 0 Å². The maximum absolute atomic E-state index is 5.65. The normalized spacial score (nSPS) is 15.2. The van der Waals surface area contributed by atoms with Crippen molar-refractivity contribution in [1.29, 1.82) is 0 Å². The van der Waals surface area contributed by atoms with Crippen LogP contribution in [-0.2, 0) is 6.42 Å². The number of hydrogen-bond acceptors (Lipinski definition) is 7. The zero-order valence-electron chi connectivity index (χ0n) is 19.6. The maximum Gasteiger partial charge on any atom is 0.255 e. The smallest absolute Gasteiger partial charge is 0.255 e. The molecule has 3 heterocycles.